The third-order valence-corrected chi connectivity index (χ3v) is 2.63. The van der Waals surface area contributed by atoms with Gasteiger partial charge in [0.15, 0.2) is 6.29 Å². The van der Waals surface area contributed by atoms with E-state index in [2.05, 4.69) is 17.1 Å². The zero-order chi connectivity index (χ0) is 11.4. The van der Waals surface area contributed by atoms with Crippen molar-refractivity contribution in [2.75, 3.05) is 0 Å². The Morgan fingerprint density at radius 3 is 3.06 bits per heavy atom. The molecule has 0 N–H and O–H groups in total. The molecular weight excluding hydrogens is 202 g/mol. The summed E-state index contributed by atoms with van der Waals surface area (Å²) in [7, 11) is 0. The molecule has 3 heteroatoms. The Morgan fingerprint density at radius 2 is 2.38 bits per heavy atom. The number of carbonyl (C=O) groups is 1. The second kappa shape index (κ2) is 4.92. The highest BCUT2D eigenvalue weighted by atomic mass is 16.5. The number of allylic oxidation sites excluding steroid dienone is 1. The van der Waals surface area contributed by atoms with E-state index in [0.717, 1.165) is 31.2 Å². The van der Waals surface area contributed by atoms with Gasteiger partial charge in [-0.25, -0.2) is 4.98 Å². The number of aryl methyl sites for hydroxylation is 1. The van der Waals surface area contributed by atoms with E-state index in [1.54, 1.807) is 0 Å². The van der Waals surface area contributed by atoms with Crippen molar-refractivity contribution in [3.63, 3.8) is 0 Å². The van der Waals surface area contributed by atoms with Gasteiger partial charge in [-0.15, -0.1) is 0 Å². The predicted molar refractivity (Wildman–Crippen MR) is 61.8 cm³/mol. The fraction of sp³-hybridized carbons (Fsp3) is 0.385. The summed E-state index contributed by atoms with van der Waals surface area (Å²) < 4.78 is 5.75. The summed E-state index contributed by atoms with van der Waals surface area (Å²) in [6.07, 6.45) is 8.26. The van der Waals surface area contributed by atoms with Crippen LogP contribution in [-0.2, 0) is 0 Å². The Morgan fingerprint density at radius 1 is 1.50 bits per heavy atom. The van der Waals surface area contributed by atoms with E-state index in [1.165, 1.54) is 0 Å². The highest BCUT2D eigenvalue weighted by Crippen LogP contribution is 2.21. The van der Waals surface area contributed by atoms with E-state index in [9.17, 15) is 4.79 Å². The van der Waals surface area contributed by atoms with Crippen LogP contribution in [0.3, 0.4) is 0 Å². The van der Waals surface area contributed by atoms with Crippen molar-refractivity contribution < 1.29 is 9.53 Å². The second-order valence-electron chi connectivity index (χ2n) is 3.97. The predicted octanol–water partition coefficient (Wildman–Crippen LogP) is 2.69. The van der Waals surface area contributed by atoms with Gasteiger partial charge in [-0.3, -0.25) is 4.79 Å². The summed E-state index contributed by atoms with van der Waals surface area (Å²) in [5.41, 5.74) is 1.22. The lowest BCUT2D eigenvalue weighted by Crippen LogP contribution is -2.16. The van der Waals surface area contributed by atoms with Crippen LogP contribution in [-0.4, -0.2) is 17.4 Å². The molecule has 3 nitrogen and oxygen atoms in total. The van der Waals surface area contributed by atoms with Crippen molar-refractivity contribution in [1.29, 1.82) is 0 Å². The maximum atomic E-state index is 10.9. The minimum absolute atomic E-state index is 0.0805. The summed E-state index contributed by atoms with van der Waals surface area (Å²) in [5.74, 6) is 0.581. The van der Waals surface area contributed by atoms with Gasteiger partial charge in [0.05, 0.1) is 0 Å². The van der Waals surface area contributed by atoms with Crippen LogP contribution in [0.25, 0.3) is 0 Å². The molecule has 0 aromatic carbocycles. The lowest BCUT2D eigenvalue weighted by atomic mass is 10.1. The molecule has 1 aliphatic carbocycles. The smallest absolute Gasteiger partial charge is 0.172 e. The molecule has 0 radical (unpaired) electrons. The Bertz CT molecular complexity index is 412. The number of pyridine rings is 1. The molecule has 1 heterocycles. The van der Waals surface area contributed by atoms with Gasteiger partial charge < -0.3 is 4.74 Å². The quantitative estimate of drug-likeness (QED) is 0.577. The molecule has 1 aromatic heterocycles. The van der Waals surface area contributed by atoms with E-state index < -0.39 is 0 Å². The lowest BCUT2D eigenvalue weighted by molar-refractivity contribution is 0.111. The van der Waals surface area contributed by atoms with Crippen LogP contribution in [0.4, 0.5) is 0 Å². The lowest BCUT2D eigenvalue weighted by Gasteiger charge is -2.19. The molecule has 0 bridgehead atoms. The standard InChI is InChI=1S/C13H15NO2/c1-10-7-8-13(12(9-15)14-10)16-11-5-3-2-4-6-11/h3,5,7-9,11H,2,4,6H2,1H3. The fourth-order valence-electron chi connectivity index (χ4n) is 1.79. The monoisotopic (exact) mass is 217 g/mol. The average molecular weight is 217 g/mol. The zero-order valence-corrected chi connectivity index (χ0v) is 9.35. The third kappa shape index (κ3) is 2.48. The summed E-state index contributed by atoms with van der Waals surface area (Å²) in [5, 5.41) is 0. The highest BCUT2D eigenvalue weighted by molar-refractivity contribution is 5.76. The zero-order valence-electron chi connectivity index (χ0n) is 9.35. The fourth-order valence-corrected chi connectivity index (χ4v) is 1.79. The molecule has 0 saturated carbocycles. The number of carbonyl (C=O) groups excluding carboxylic acids is 1. The van der Waals surface area contributed by atoms with E-state index in [-0.39, 0.29) is 6.10 Å². The van der Waals surface area contributed by atoms with Crippen LogP contribution in [0.15, 0.2) is 24.3 Å². The molecule has 1 unspecified atom stereocenters. The van der Waals surface area contributed by atoms with Gasteiger partial charge in [0, 0.05) is 5.69 Å². The van der Waals surface area contributed by atoms with Crippen molar-refractivity contribution in [2.45, 2.75) is 32.3 Å². The SMILES string of the molecule is Cc1ccc(OC2C=CCCC2)c(C=O)n1. The third-order valence-electron chi connectivity index (χ3n) is 2.63. The number of rotatable bonds is 3. The van der Waals surface area contributed by atoms with E-state index in [4.69, 9.17) is 4.74 Å². The summed E-state index contributed by atoms with van der Waals surface area (Å²) in [4.78, 5) is 15.0. The van der Waals surface area contributed by atoms with Crippen LogP contribution in [0, 0.1) is 6.92 Å². The summed E-state index contributed by atoms with van der Waals surface area (Å²) in [6, 6.07) is 3.67. The van der Waals surface area contributed by atoms with Crippen LogP contribution < -0.4 is 4.74 Å². The van der Waals surface area contributed by atoms with E-state index in [0.29, 0.717) is 11.4 Å². The van der Waals surface area contributed by atoms with Gasteiger partial charge in [-0.2, -0.15) is 0 Å². The first kappa shape index (κ1) is 10.9. The number of nitrogens with zero attached hydrogens (tertiary/aromatic N) is 1. The molecule has 0 saturated heterocycles. The number of hydrogen-bond acceptors (Lipinski definition) is 3. The van der Waals surface area contributed by atoms with E-state index >= 15 is 0 Å². The van der Waals surface area contributed by atoms with Gasteiger partial charge in [0.2, 0.25) is 0 Å². The second-order valence-corrected chi connectivity index (χ2v) is 3.97. The molecule has 0 fully saturated rings. The normalized spacial score (nSPS) is 19.4. The summed E-state index contributed by atoms with van der Waals surface area (Å²) >= 11 is 0. The Balaban J connectivity index is 2.16. The molecular formula is C13H15NO2. The molecule has 1 atom stereocenters. The molecule has 1 aliphatic rings. The molecule has 2 rings (SSSR count). The van der Waals surface area contributed by atoms with Crippen molar-refractivity contribution in [2.24, 2.45) is 0 Å². The topological polar surface area (TPSA) is 39.2 Å². The van der Waals surface area contributed by atoms with Gasteiger partial charge in [0.25, 0.3) is 0 Å². The minimum Gasteiger partial charge on any atom is -0.484 e. The van der Waals surface area contributed by atoms with Gasteiger partial charge in [0.1, 0.15) is 17.5 Å². The first-order valence-corrected chi connectivity index (χ1v) is 5.56. The average Bonchev–Trinajstić information content (AvgIpc) is 2.33. The Kier molecular flexibility index (Phi) is 3.34. The first-order valence-electron chi connectivity index (χ1n) is 5.56. The number of hydrogen-bond donors (Lipinski definition) is 0. The van der Waals surface area contributed by atoms with Crippen molar-refractivity contribution in [1.82, 2.24) is 4.98 Å². The molecule has 0 aliphatic heterocycles. The minimum atomic E-state index is 0.0805. The molecule has 0 amide bonds. The van der Waals surface area contributed by atoms with Crippen LogP contribution in [0.5, 0.6) is 5.75 Å². The number of aromatic nitrogens is 1. The van der Waals surface area contributed by atoms with Gasteiger partial charge in [-0.05, 0) is 44.4 Å². The maximum Gasteiger partial charge on any atom is 0.172 e. The molecule has 84 valence electrons. The van der Waals surface area contributed by atoms with Crippen LogP contribution >= 0.6 is 0 Å². The Hall–Kier alpha value is -1.64. The number of aldehydes is 1. The largest absolute Gasteiger partial charge is 0.484 e. The highest BCUT2D eigenvalue weighted by Gasteiger charge is 2.12. The summed E-state index contributed by atoms with van der Waals surface area (Å²) in [6.45, 7) is 1.86. The van der Waals surface area contributed by atoms with Crippen LogP contribution in [0.2, 0.25) is 0 Å². The first-order chi connectivity index (χ1) is 7.79. The van der Waals surface area contributed by atoms with Crippen molar-refractivity contribution >= 4 is 6.29 Å². The van der Waals surface area contributed by atoms with Gasteiger partial charge >= 0.3 is 0 Å². The molecule has 1 aromatic rings. The Labute approximate surface area is 95.2 Å². The molecule has 16 heavy (non-hydrogen) atoms. The number of ether oxygens (including phenoxy) is 1. The molecule has 0 spiro atoms. The van der Waals surface area contributed by atoms with Gasteiger partial charge in [-0.1, -0.05) is 6.08 Å². The van der Waals surface area contributed by atoms with Crippen molar-refractivity contribution in [3.8, 4) is 5.75 Å². The maximum absolute atomic E-state index is 10.9. The van der Waals surface area contributed by atoms with Crippen molar-refractivity contribution in [3.05, 3.63) is 35.7 Å². The van der Waals surface area contributed by atoms with E-state index in [1.807, 2.05) is 19.1 Å². The van der Waals surface area contributed by atoms with Crippen LogP contribution in [0.1, 0.15) is 35.4 Å².